The Morgan fingerprint density at radius 2 is 2.03 bits per heavy atom. The molecule has 0 aliphatic heterocycles. The third-order valence-electron chi connectivity index (χ3n) is 3.78. The molecule has 0 aliphatic carbocycles. The quantitative estimate of drug-likeness (QED) is 0.499. The van der Waals surface area contributed by atoms with Crippen molar-refractivity contribution in [2.24, 2.45) is 5.92 Å². The van der Waals surface area contributed by atoms with Crippen molar-refractivity contribution < 1.29 is 9.18 Å². The van der Waals surface area contributed by atoms with Gasteiger partial charge in [-0.3, -0.25) is 4.79 Å². The molecular weight excluding hydrogens is 436 g/mol. The smallest absolute Gasteiger partial charge is 0.236 e. The van der Waals surface area contributed by atoms with Crippen molar-refractivity contribution in [3.63, 3.8) is 0 Å². The van der Waals surface area contributed by atoms with E-state index in [9.17, 15) is 9.18 Å². The van der Waals surface area contributed by atoms with Gasteiger partial charge < -0.3 is 9.88 Å². The van der Waals surface area contributed by atoms with Crippen molar-refractivity contribution in [3.8, 4) is 11.4 Å². The second kappa shape index (κ2) is 9.56. The lowest BCUT2D eigenvalue weighted by atomic mass is 10.2. The molecule has 6 nitrogen and oxygen atoms in total. The van der Waals surface area contributed by atoms with Crippen LogP contribution >= 0.6 is 35.0 Å². The first kappa shape index (κ1) is 21.5. The molecular formula is C19H18Cl2FN5OS. The van der Waals surface area contributed by atoms with Crippen molar-refractivity contribution in [3.05, 3.63) is 52.4 Å². The summed E-state index contributed by atoms with van der Waals surface area (Å²) in [5.74, 6) is 0.330. The van der Waals surface area contributed by atoms with Gasteiger partial charge in [0.2, 0.25) is 5.91 Å². The molecule has 0 bridgehead atoms. The molecule has 3 aromatic rings. The number of pyridine rings is 1. The summed E-state index contributed by atoms with van der Waals surface area (Å²) in [6.45, 7) is 4.67. The first-order valence-electron chi connectivity index (χ1n) is 8.77. The van der Waals surface area contributed by atoms with Crippen LogP contribution in [-0.2, 0) is 11.3 Å². The normalized spacial score (nSPS) is 11.1. The number of aromatic nitrogens is 4. The number of thioether (sulfide) groups is 1. The highest BCUT2D eigenvalue weighted by Crippen LogP contribution is 2.27. The number of nitrogens with zero attached hydrogens (tertiary/aromatic N) is 4. The molecule has 0 unspecified atom stereocenters. The van der Waals surface area contributed by atoms with Crippen LogP contribution in [0.2, 0.25) is 10.0 Å². The third kappa shape index (κ3) is 5.46. The Morgan fingerprint density at radius 3 is 2.72 bits per heavy atom. The van der Waals surface area contributed by atoms with Gasteiger partial charge >= 0.3 is 0 Å². The second-order valence-electron chi connectivity index (χ2n) is 6.61. The Labute approximate surface area is 181 Å². The Morgan fingerprint density at radius 1 is 1.28 bits per heavy atom. The number of halogens is 3. The van der Waals surface area contributed by atoms with Gasteiger partial charge in [-0.1, -0.05) is 60.9 Å². The average Bonchev–Trinajstić information content (AvgIpc) is 3.04. The van der Waals surface area contributed by atoms with E-state index >= 15 is 0 Å². The van der Waals surface area contributed by atoms with Gasteiger partial charge in [0.1, 0.15) is 5.82 Å². The van der Waals surface area contributed by atoms with E-state index in [1.807, 2.05) is 18.4 Å². The van der Waals surface area contributed by atoms with Crippen LogP contribution in [0.4, 0.5) is 10.2 Å². The van der Waals surface area contributed by atoms with Crippen LogP contribution < -0.4 is 5.32 Å². The number of benzene rings is 1. The lowest BCUT2D eigenvalue weighted by molar-refractivity contribution is -0.113. The molecule has 1 aromatic carbocycles. The molecule has 2 aromatic heterocycles. The van der Waals surface area contributed by atoms with Crippen LogP contribution in [0.1, 0.15) is 13.8 Å². The van der Waals surface area contributed by atoms with E-state index in [0.717, 1.165) is 0 Å². The highest BCUT2D eigenvalue weighted by atomic mass is 35.5. The molecule has 0 atom stereocenters. The maximum absolute atomic E-state index is 14.2. The van der Waals surface area contributed by atoms with Crippen LogP contribution in [0.3, 0.4) is 0 Å². The number of carbonyl (C=O) groups is 1. The summed E-state index contributed by atoms with van der Waals surface area (Å²) in [7, 11) is 0. The largest absolute Gasteiger partial charge is 0.309 e. The predicted octanol–water partition coefficient (Wildman–Crippen LogP) is 5.17. The van der Waals surface area contributed by atoms with E-state index in [2.05, 4.69) is 20.5 Å². The zero-order valence-electron chi connectivity index (χ0n) is 15.7. The van der Waals surface area contributed by atoms with Gasteiger partial charge in [0.15, 0.2) is 16.8 Å². The van der Waals surface area contributed by atoms with Crippen LogP contribution in [-0.4, -0.2) is 31.4 Å². The van der Waals surface area contributed by atoms with Crippen molar-refractivity contribution in [2.45, 2.75) is 25.5 Å². The standard InChI is InChI=1S/C19H18Cl2FN5OS/c1-11(2)9-27-18(13-5-3-4-6-15(13)22)25-26-19(27)29-10-16(28)24-17-14(21)7-12(20)8-23-17/h3-8,11H,9-10H2,1-2H3,(H,23,24,28). The van der Waals surface area contributed by atoms with Gasteiger partial charge in [0.25, 0.3) is 0 Å². The van der Waals surface area contributed by atoms with E-state index in [0.29, 0.717) is 28.1 Å². The molecule has 1 N–H and O–H groups in total. The van der Waals surface area contributed by atoms with Gasteiger partial charge in [-0.15, -0.1) is 10.2 Å². The number of rotatable bonds is 7. The van der Waals surface area contributed by atoms with Gasteiger partial charge in [-0.25, -0.2) is 9.37 Å². The topological polar surface area (TPSA) is 72.7 Å². The Bertz CT molecular complexity index is 1030. The molecule has 0 fully saturated rings. The van der Waals surface area contributed by atoms with Crippen molar-refractivity contribution in [1.29, 1.82) is 0 Å². The first-order chi connectivity index (χ1) is 13.8. The Hall–Kier alpha value is -2.16. The summed E-state index contributed by atoms with van der Waals surface area (Å²) in [4.78, 5) is 16.3. The molecule has 3 rings (SSSR count). The Balaban J connectivity index is 1.76. The summed E-state index contributed by atoms with van der Waals surface area (Å²) in [5, 5.41) is 12.1. The summed E-state index contributed by atoms with van der Waals surface area (Å²) in [5.41, 5.74) is 0.370. The maximum atomic E-state index is 14.2. The highest BCUT2D eigenvalue weighted by molar-refractivity contribution is 7.99. The number of hydrogen-bond donors (Lipinski definition) is 1. The lowest BCUT2D eigenvalue weighted by Gasteiger charge is -2.13. The van der Waals surface area contributed by atoms with Crippen molar-refractivity contribution >= 4 is 46.7 Å². The van der Waals surface area contributed by atoms with E-state index in [-0.39, 0.29) is 34.2 Å². The zero-order valence-corrected chi connectivity index (χ0v) is 18.0. The third-order valence-corrected chi connectivity index (χ3v) is 5.24. The maximum Gasteiger partial charge on any atom is 0.236 e. The van der Waals surface area contributed by atoms with Gasteiger partial charge in [0.05, 0.1) is 21.4 Å². The van der Waals surface area contributed by atoms with Crippen LogP contribution in [0.15, 0.2) is 41.7 Å². The summed E-state index contributed by atoms with van der Waals surface area (Å²) in [6, 6.07) is 7.91. The van der Waals surface area contributed by atoms with Crippen LogP contribution in [0.25, 0.3) is 11.4 Å². The van der Waals surface area contributed by atoms with Gasteiger partial charge in [-0.2, -0.15) is 0 Å². The summed E-state index contributed by atoms with van der Waals surface area (Å²) in [6.07, 6.45) is 1.40. The molecule has 0 radical (unpaired) electrons. The fourth-order valence-electron chi connectivity index (χ4n) is 2.57. The molecule has 0 saturated heterocycles. The SMILES string of the molecule is CC(C)Cn1c(SCC(=O)Nc2ncc(Cl)cc2Cl)nnc1-c1ccccc1F. The lowest BCUT2D eigenvalue weighted by Crippen LogP contribution is -2.16. The first-order valence-corrected chi connectivity index (χ1v) is 10.5. The number of anilines is 1. The van der Waals surface area contributed by atoms with Crippen LogP contribution in [0, 0.1) is 11.7 Å². The number of nitrogens with one attached hydrogen (secondary N) is 1. The van der Waals surface area contributed by atoms with E-state index in [1.54, 1.807) is 18.2 Å². The molecule has 29 heavy (non-hydrogen) atoms. The monoisotopic (exact) mass is 453 g/mol. The fourth-order valence-corrected chi connectivity index (χ4v) is 3.75. The number of carbonyl (C=O) groups excluding carboxylic acids is 1. The highest BCUT2D eigenvalue weighted by Gasteiger charge is 2.19. The molecule has 0 aliphatic rings. The molecule has 152 valence electrons. The van der Waals surface area contributed by atoms with Crippen LogP contribution in [0.5, 0.6) is 0 Å². The molecule has 0 spiro atoms. The van der Waals surface area contributed by atoms with E-state index < -0.39 is 0 Å². The van der Waals surface area contributed by atoms with Gasteiger partial charge in [0, 0.05) is 12.7 Å². The van der Waals surface area contributed by atoms with Crippen molar-refractivity contribution in [1.82, 2.24) is 19.7 Å². The van der Waals surface area contributed by atoms with E-state index in [4.69, 9.17) is 23.2 Å². The summed E-state index contributed by atoms with van der Waals surface area (Å²) < 4.78 is 16.1. The minimum atomic E-state index is -0.373. The minimum absolute atomic E-state index is 0.0636. The molecule has 1 amide bonds. The van der Waals surface area contributed by atoms with E-state index in [1.165, 1.54) is 30.1 Å². The number of amides is 1. The minimum Gasteiger partial charge on any atom is -0.309 e. The fraction of sp³-hybridized carbons (Fsp3) is 0.263. The Kier molecular flexibility index (Phi) is 7.10. The molecule has 2 heterocycles. The summed E-state index contributed by atoms with van der Waals surface area (Å²) >= 11 is 13.0. The zero-order chi connectivity index (χ0) is 21.0. The van der Waals surface area contributed by atoms with Gasteiger partial charge in [-0.05, 0) is 24.1 Å². The molecule has 10 heteroatoms. The van der Waals surface area contributed by atoms with Crippen molar-refractivity contribution in [2.75, 3.05) is 11.1 Å². The second-order valence-corrected chi connectivity index (χ2v) is 8.40. The molecule has 0 saturated carbocycles. The average molecular weight is 454 g/mol. The number of hydrogen-bond acceptors (Lipinski definition) is 5. The predicted molar refractivity (Wildman–Crippen MR) is 114 cm³/mol.